The first-order valence-corrected chi connectivity index (χ1v) is 7.27. The molecule has 1 atom stereocenters. The molecule has 2 heterocycles. The summed E-state index contributed by atoms with van der Waals surface area (Å²) < 4.78 is 0. The van der Waals surface area contributed by atoms with E-state index in [4.69, 9.17) is 11.4 Å². The number of rotatable bonds is 1. The van der Waals surface area contributed by atoms with E-state index in [0.717, 1.165) is 36.5 Å². The zero-order valence-corrected chi connectivity index (χ0v) is 11.4. The van der Waals surface area contributed by atoms with E-state index in [0.29, 0.717) is 6.04 Å². The molecular formula is C17H17N3. The normalized spacial score (nSPS) is 20.2. The zero-order valence-electron chi connectivity index (χ0n) is 11.4. The number of aryl methyl sites for hydroxylation is 2. The fourth-order valence-corrected chi connectivity index (χ4v) is 3.30. The molecule has 0 saturated carbocycles. The van der Waals surface area contributed by atoms with Crippen molar-refractivity contribution in [2.24, 2.45) is 0 Å². The van der Waals surface area contributed by atoms with Gasteiger partial charge in [0, 0.05) is 16.8 Å². The van der Waals surface area contributed by atoms with E-state index in [2.05, 4.69) is 28.4 Å². The molecule has 1 unspecified atom stereocenters. The predicted molar refractivity (Wildman–Crippen MR) is 79.3 cm³/mol. The molecule has 4 rings (SSSR count). The number of nitrogens with one attached hydrogen (secondary N) is 2. The number of imidazole rings is 1. The fourth-order valence-electron chi connectivity index (χ4n) is 3.30. The maximum atomic E-state index is 5.48. The molecule has 0 radical (unpaired) electrons. The van der Waals surface area contributed by atoms with Crippen molar-refractivity contribution in [1.82, 2.24) is 15.3 Å². The van der Waals surface area contributed by atoms with Crippen LogP contribution in [0.5, 0.6) is 0 Å². The summed E-state index contributed by atoms with van der Waals surface area (Å²) in [4.78, 5) is 8.39. The van der Waals surface area contributed by atoms with Crippen LogP contribution in [0.15, 0.2) is 18.2 Å². The standard InChI is InChI=1S/C17H17N3/c1-2-11-5-7-13-12(10-11)6-8-14-16(13)20-17(19-14)15-4-3-9-18-15/h1,5,7,10,15,18H,3-4,6,8-9H2,(H,19,20). The molecule has 100 valence electrons. The Morgan fingerprint density at radius 1 is 1.30 bits per heavy atom. The molecule has 1 saturated heterocycles. The minimum Gasteiger partial charge on any atom is -0.344 e. The summed E-state index contributed by atoms with van der Waals surface area (Å²) in [6.07, 6.45) is 9.96. The highest BCUT2D eigenvalue weighted by Gasteiger charge is 2.25. The van der Waals surface area contributed by atoms with Crippen molar-refractivity contribution < 1.29 is 0 Å². The molecule has 1 fully saturated rings. The maximum absolute atomic E-state index is 5.48. The Kier molecular flexibility index (Phi) is 2.64. The van der Waals surface area contributed by atoms with Crippen LogP contribution in [0.2, 0.25) is 0 Å². The lowest BCUT2D eigenvalue weighted by molar-refractivity contribution is 0.611. The Labute approximate surface area is 118 Å². The van der Waals surface area contributed by atoms with E-state index in [1.807, 2.05) is 6.07 Å². The van der Waals surface area contributed by atoms with Crippen LogP contribution in [0.4, 0.5) is 0 Å². The molecule has 0 spiro atoms. The van der Waals surface area contributed by atoms with Gasteiger partial charge in [-0.2, -0.15) is 0 Å². The van der Waals surface area contributed by atoms with Gasteiger partial charge in [-0.3, -0.25) is 0 Å². The second-order valence-corrected chi connectivity index (χ2v) is 5.61. The highest BCUT2D eigenvalue weighted by Crippen LogP contribution is 2.34. The van der Waals surface area contributed by atoms with E-state index < -0.39 is 0 Å². The van der Waals surface area contributed by atoms with E-state index in [-0.39, 0.29) is 0 Å². The monoisotopic (exact) mass is 263 g/mol. The van der Waals surface area contributed by atoms with Gasteiger partial charge in [0.15, 0.2) is 0 Å². The van der Waals surface area contributed by atoms with Gasteiger partial charge in [-0.1, -0.05) is 12.0 Å². The van der Waals surface area contributed by atoms with Crippen LogP contribution in [0.25, 0.3) is 11.3 Å². The lowest BCUT2D eigenvalue weighted by atomic mass is 9.91. The number of H-pyrrole nitrogens is 1. The number of benzene rings is 1. The molecular weight excluding hydrogens is 246 g/mol. The zero-order chi connectivity index (χ0) is 13.5. The first-order valence-electron chi connectivity index (χ1n) is 7.27. The van der Waals surface area contributed by atoms with Crippen molar-refractivity contribution in [3.05, 3.63) is 40.8 Å². The van der Waals surface area contributed by atoms with E-state index in [9.17, 15) is 0 Å². The van der Waals surface area contributed by atoms with Crippen molar-refractivity contribution in [3.8, 4) is 23.6 Å². The Hall–Kier alpha value is -2.05. The van der Waals surface area contributed by atoms with Crippen LogP contribution in [0.1, 0.15) is 41.5 Å². The van der Waals surface area contributed by atoms with Crippen molar-refractivity contribution >= 4 is 0 Å². The Morgan fingerprint density at radius 2 is 2.25 bits per heavy atom. The summed E-state index contributed by atoms with van der Waals surface area (Å²) >= 11 is 0. The van der Waals surface area contributed by atoms with Crippen LogP contribution in [-0.2, 0) is 12.8 Å². The molecule has 0 amide bonds. The SMILES string of the molecule is C#Cc1ccc2c(c1)CCc1[nH]c(C3CCCN3)nc1-2. The van der Waals surface area contributed by atoms with Gasteiger partial charge in [0.05, 0.1) is 11.7 Å². The number of fused-ring (bicyclic) bond motifs is 3. The molecule has 20 heavy (non-hydrogen) atoms. The molecule has 3 heteroatoms. The highest BCUT2D eigenvalue weighted by molar-refractivity contribution is 5.70. The Morgan fingerprint density at radius 3 is 3.05 bits per heavy atom. The number of nitrogens with zero attached hydrogens (tertiary/aromatic N) is 1. The smallest absolute Gasteiger partial charge is 0.124 e. The lowest BCUT2D eigenvalue weighted by Crippen LogP contribution is -2.14. The third kappa shape index (κ3) is 1.76. The van der Waals surface area contributed by atoms with Crippen molar-refractivity contribution in [2.75, 3.05) is 6.54 Å². The topological polar surface area (TPSA) is 40.7 Å². The quantitative estimate of drug-likeness (QED) is 0.776. The average Bonchev–Trinajstić information content (AvgIpc) is 3.15. The summed E-state index contributed by atoms with van der Waals surface area (Å²) in [5, 5.41) is 3.50. The average molecular weight is 263 g/mol. The van der Waals surface area contributed by atoms with Crippen molar-refractivity contribution in [2.45, 2.75) is 31.7 Å². The molecule has 1 aromatic carbocycles. The van der Waals surface area contributed by atoms with Gasteiger partial charge >= 0.3 is 0 Å². The van der Waals surface area contributed by atoms with Gasteiger partial charge in [0.1, 0.15) is 5.82 Å². The molecule has 3 nitrogen and oxygen atoms in total. The van der Waals surface area contributed by atoms with Gasteiger partial charge in [-0.15, -0.1) is 6.42 Å². The molecule has 1 aliphatic heterocycles. The van der Waals surface area contributed by atoms with Crippen LogP contribution in [0.3, 0.4) is 0 Å². The first kappa shape index (κ1) is 11.7. The molecule has 1 aliphatic carbocycles. The summed E-state index contributed by atoms with van der Waals surface area (Å²) in [5.41, 5.74) is 5.92. The third-order valence-corrected chi connectivity index (χ3v) is 4.36. The number of hydrogen-bond donors (Lipinski definition) is 2. The Balaban J connectivity index is 1.78. The van der Waals surface area contributed by atoms with E-state index in [1.54, 1.807) is 0 Å². The summed E-state index contributed by atoms with van der Waals surface area (Å²) in [7, 11) is 0. The molecule has 2 aromatic rings. The third-order valence-electron chi connectivity index (χ3n) is 4.36. The number of terminal acetylenes is 1. The van der Waals surface area contributed by atoms with Crippen molar-refractivity contribution in [3.63, 3.8) is 0 Å². The maximum Gasteiger partial charge on any atom is 0.124 e. The second-order valence-electron chi connectivity index (χ2n) is 5.61. The van der Waals surface area contributed by atoms with Crippen LogP contribution in [0, 0.1) is 12.3 Å². The molecule has 2 N–H and O–H groups in total. The minimum absolute atomic E-state index is 0.397. The van der Waals surface area contributed by atoms with Crippen molar-refractivity contribution in [1.29, 1.82) is 0 Å². The molecule has 2 aliphatic rings. The fraction of sp³-hybridized carbons (Fsp3) is 0.353. The van der Waals surface area contributed by atoms with Crippen LogP contribution >= 0.6 is 0 Å². The number of aromatic nitrogens is 2. The summed E-state index contributed by atoms with van der Waals surface area (Å²) in [6.45, 7) is 1.10. The number of hydrogen-bond acceptors (Lipinski definition) is 2. The van der Waals surface area contributed by atoms with Gasteiger partial charge in [0.25, 0.3) is 0 Å². The van der Waals surface area contributed by atoms with Gasteiger partial charge in [0.2, 0.25) is 0 Å². The van der Waals surface area contributed by atoms with Crippen LogP contribution in [-0.4, -0.2) is 16.5 Å². The van der Waals surface area contributed by atoms with Gasteiger partial charge in [-0.25, -0.2) is 4.98 Å². The van der Waals surface area contributed by atoms with E-state index in [1.165, 1.54) is 29.7 Å². The van der Waals surface area contributed by atoms with Gasteiger partial charge < -0.3 is 10.3 Å². The highest BCUT2D eigenvalue weighted by atomic mass is 15.0. The molecule has 0 bridgehead atoms. The Bertz CT molecular complexity index is 700. The predicted octanol–water partition coefficient (Wildman–Crippen LogP) is 2.58. The summed E-state index contributed by atoms with van der Waals surface area (Å²) in [6, 6.07) is 6.65. The largest absolute Gasteiger partial charge is 0.344 e. The molecule has 1 aromatic heterocycles. The number of aromatic amines is 1. The van der Waals surface area contributed by atoms with Crippen LogP contribution < -0.4 is 5.32 Å². The van der Waals surface area contributed by atoms with Gasteiger partial charge in [-0.05, 0) is 49.9 Å². The lowest BCUT2D eigenvalue weighted by Gasteiger charge is -2.15. The summed E-state index contributed by atoms with van der Waals surface area (Å²) in [5.74, 6) is 3.81. The second kappa shape index (κ2) is 4.50. The van der Waals surface area contributed by atoms with E-state index >= 15 is 0 Å². The first-order chi connectivity index (χ1) is 9.85. The minimum atomic E-state index is 0.397.